The van der Waals surface area contributed by atoms with Gasteiger partial charge in [0, 0.05) is 62.8 Å². The van der Waals surface area contributed by atoms with Crippen molar-refractivity contribution in [3.05, 3.63) is 70.0 Å². The number of benzene rings is 2. The minimum absolute atomic E-state index is 0.0746. The number of hydrogen-bond donors (Lipinski definition) is 1. The first-order valence-corrected chi connectivity index (χ1v) is 12.0. The Morgan fingerprint density at radius 1 is 0.969 bits per heavy atom. The van der Waals surface area contributed by atoms with Crippen LogP contribution < -0.4 is 5.32 Å². The van der Waals surface area contributed by atoms with E-state index in [0.717, 1.165) is 75.8 Å². The van der Waals surface area contributed by atoms with Crippen molar-refractivity contribution in [3.63, 3.8) is 0 Å². The van der Waals surface area contributed by atoms with E-state index in [-0.39, 0.29) is 17.8 Å². The van der Waals surface area contributed by atoms with Gasteiger partial charge in [-0.1, -0.05) is 29.8 Å². The van der Waals surface area contributed by atoms with Gasteiger partial charge in [-0.25, -0.2) is 9.18 Å². The van der Waals surface area contributed by atoms with Crippen molar-refractivity contribution >= 4 is 17.6 Å². The van der Waals surface area contributed by atoms with E-state index in [4.69, 9.17) is 11.6 Å². The van der Waals surface area contributed by atoms with Crippen LogP contribution in [0.1, 0.15) is 41.5 Å². The number of urea groups is 1. The van der Waals surface area contributed by atoms with Gasteiger partial charge in [-0.15, -0.1) is 0 Å². The summed E-state index contributed by atoms with van der Waals surface area (Å²) < 4.78 is 13.5. The molecule has 170 valence electrons. The summed E-state index contributed by atoms with van der Waals surface area (Å²) in [5, 5.41) is 3.62. The highest BCUT2D eigenvalue weighted by molar-refractivity contribution is 6.30. The van der Waals surface area contributed by atoms with Crippen molar-refractivity contribution < 1.29 is 9.18 Å². The Morgan fingerprint density at radius 2 is 1.75 bits per heavy atom. The summed E-state index contributed by atoms with van der Waals surface area (Å²) in [6.07, 6.45) is 2.02. The van der Waals surface area contributed by atoms with Crippen LogP contribution in [0.25, 0.3) is 0 Å². The number of carbonyl (C=O) groups excluding carboxylic acids is 1. The standard InChI is InChI=1S/C25H30ClFN4O/c26-19-4-7-21-23(16-19)22(18-2-5-20(27)6-3-18)17-24(21)30-14-12-29(13-15-30)9-1-10-31-11-8-28-25(31)32/h2-7,16,22,24H,1,8-15,17H2,(H,28,32)/t22-,24+/m0/s1. The minimum Gasteiger partial charge on any atom is -0.336 e. The predicted octanol–water partition coefficient (Wildman–Crippen LogP) is 4.09. The van der Waals surface area contributed by atoms with Crippen molar-refractivity contribution in [2.24, 2.45) is 0 Å². The average Bonchev–Trinajstić information content (AvgIpc) is 3.38. The van der Waals surface area contributed by atoms with Crippen LogP contribution in [-0.2, 0) is 0 Å². The molecule has 1 N–H and O–H groups in total. The van der Waals surface area contributed by atoms with Crippen LogP contribution in [0.15, 0.2) is 42.5 Å². The molecule has 2 amide bonds. The largest absolute Gasteiger partial charge is 0.336 e. The van der Waals surface area contributed by atoms with Crippen molar-refractivity contribution in [1.29, 1.82) is 0 Å². The van der Waals surface area contributed by atoms with Crippen molar-refractivity contribution in [2.75, 3.05) is 52.4 Å². The number of piperazine rings is 1. The number of halogens is 2. The molecule has 2 aliphatic heterocycles. The van der Waals surface area contributed by atoms with Crippen LogP contribution in [0.3, 0.4) is 0 Å². The summed E-state index contributed by atoms with van der Waals surface area (Å²) in [6.45, 7) is 7.63. The number of rotatable bonds is 6. The lowest BCUT2D eigenvalue weighted by Crippen LogP contribution is -2.47. The summed E-state index contributed by atoms with van der Waals surface area (Å²) in [4.78, 5) is 18.7. The fourth-order valence-corrected chi connectivity index (χ4v) is 5.67. The minimum atomic E-state index is -0.198. The summed E-state index contributed by atoms with van der Waals surface area (Å²) in [5.74, 6) is 0.0510. The molecule has 2 saturated heterocycles. The van der Waals surface area contributed by atoms with Crippen LogP contribution >= 0.6 is 11.6 Å². The fraction of sp³-hybridized carbons (Fsp3) is 0.480. The van der Waals surface area contributed by atoms with Gasteiger partial charge in [0.05, 0.1) is 0 Å². The Hall–Kier alpha value is -2.15. The molecule has 0 bridgehead atoms. The third-order valence-electron chi connectivity index (χ3n) is 7.21. The monoisotopic (exact) mass is 456 g/mol. The third-order valence-corrected chi connectivity index (χ3v) is 7.44. The first-order chi connectivity index (χ1) is 15.6. The second kappa shape index (κ2) is 9.38. The summed E-state index contributed by atoms with van der Waals surface area (Å²) in [7, 11) is 0. The highest BCUT2D eigenvalue weighted by atomic mass is 35.5. The van der Waals surface area contributed by atoms with Crippen molar-refractivity contribution in [2.45, 2.75) is 24.8 Å². The van der Waals surface area contributed by atoms with Gasteiger partial charge >= 0.3 is 6.03 Å². The van der Waals surface area contributed by atoms with Gasteiger partial charge in [0.25, 0.3) is 0 Å². The van der Waals surface area contributed by atoms with Gasteiger partial charge in [0.1, 0.15) is 5.82 Å². The molecule has 2 atom stereocenters. The maximum absolute atomic E-state index is 13.5. The molecule has 7 heteroatoms. The second-order valence-corrected chi connectivity index (χ2v) is 9.52. The molecular weight excluding hydrogens is 427 g/mol. The van der Waals surface area contributed by atoms with Gasteiger partial charge < -0.3 is 15.1 Å². The van der Waals surface area contributed by atoms with E-state index >= 15 is 0 Å². The quantitative estimate of drug-likeness (QED) is 0.711. The van der Waals surface area contributed by atoms with Gasteiger partial charge in [-0.2, -0.15) is 0 Å². The van der Waals surface area contributed by atoms with Gasteiger partial charge in [-0.05, 0) is 60.3 Å². The Morgan fingerprint density at radius 3 is 2.47 bits per heavy atom. The first-order valence-electron chi connectivity index (χ1n) is 11.6. The Balaban J connectivity index is 1.21. The molecule has 0 unspecified atom stereocenters. The average molecular weight is 457 g/mol. The summed E-state index contributed by atoms with van der Waals surface area (Å²) in [6, 6.07) is 13.6. The van der Waals surface area contributed by atoms with E-state index in [1.165, 1.54) is 11.1 Å². The lowest BCUT2D eigenvalue weighted by Gasteiger charge is -2.38. The molecular formula is C25H30ClFN4O. The predicted molar refractivity (Wildman–Crippen MR) is 125 cm³/mol. The number of nitrogens with zero attached hydrogens (tertiary/aromatic N) is 3. The molecule has 5 rings (SSSR count). The van der Waals surface area contributed by atoms with Crippen LogP contribution in [-0.4, -0.2) is 73.1 Å². The zero-order valence-electron chi connectivity index (χ0n) is 18.3. The highest BCUT2D eigenvalue weighted by Crippen LogP contribution is 2.47. The molecule has 2 aromatic rings. The number of carbonyl (C=O) groups is 1. The molecule has 0 aromatic heterocycles. The fourth-order valence-electron chi connectivity index (χ4n) is 5.49. The molecule has 0 radical (unpaired) electrons. The topological polar surface area (TPSA) is 38.8 Å². The van der Waals surface area contributed by atoms with Gasteiger partial charge in [0.2, 0.25) is 0 Å². The maximum atomic E-state index is 13.5. The molecule has 2 aromatic carbocycles. The highest BCUT2D eigenvalue weighted by Gasteiger charge is 2.36. The lowest BCUT2D eigenvalue weighted by molar-refractivity contribution is 0.0927. The summed E-state index contributed by atoms with van der Waals surface area (Å²) in [5.41, 5.74) is 3.79. The van der Waals surface area contributed by atoms with Crippen LogP contribution in [0.5, 0.6) is 0 Å². The third kappa shape index (κ3) is 4.49. The van der Waals surface area contributed by atoms with Gasteiger partial charge in [-0.3, -0.25) is 4.90 Å². The van der Waals surface area contributed by atoms with Crippen LogP contribution in [0.4, 0.5) is 9.18 Å². The zero-order valence-corrected chi connectivity index (χ0v) is 19.0. The Kier molecular flexibility index (Phi) is 6.35. The normalized spacial score (nSPS) is 24.1. The molecule has 2 heterocycles. The molecule has 2 fully saturated rings. The van der Waals surface area contributed by atoms with Crippen molar-refractivity contribution in [1.82, 2.24) is 20.0 Å². The van der Waals surface area contributed by atoms with Gasteiger partial charge in [0.15, 0.2) is 0 Å². The van der Waals surface area contributed by atoms with Crippen LogP contribution in [0.2, 0.25) is 5.02 Å². The first kappa shape index (κ1) is 21.7. The van der Waals surface area contributed by atoms with Crippen LogP contribution in [0, 0.1) is 5.82 Å². The van der Waals surface area contributed by atoms with E-state index in [2.05, 4.69) is 27.2 Å². The molecule has 0 spiro atoms. The van der Waals surface area contributed by atoms with E-state index in [1.807, 2.05) is 23.1 Å². The summed E-state index contributed by atoms with van der Waals surface area (Å²) >= 11 is 6.35. The molecule has 1 aliphatic carbocycles. The molecule has 0 saturated carbocycles. The number of amides is 2. The molecule has 5 nitrogen and oxygen atoms in total. The van der Waals surface area contributed by atoms with E-state index in [9.17, 15) is 9.18 Å². The number of hydrogen-bond acceptors (Lipinski definition) is 3. The number of nitrogens with one attached hydrogen (secondary N) is 1. The second-order valence-electron chi connectivity index (χ2n) is 9.08. The lowest BCUT2D eigenvalue weighted by atomic mass is 9.93. The SMILES string of the molecule is O=C1NCCN1CCCN1CCN([C@@H]2C[C@@H](c3ccc(F)cc3)c3cc(Cl)ccc32)CC1. The van der Waals surface area contributed by atoms with E-state index in [1.54, 1.807) is 12.1 Å². The number of fused-ring (bicyclic) bond motifs is 1. The van der Waals surface area contributed by atoms with Crippen molar-refractivity contribution in [3.8, 4) is 0 Å². The van der Waals surface area contributed by atoms with E-state index in [0.29, 0.717) is 6.04 Å². The molecule has 32 heavy (non-hydrogen) atoms. The smallest absolute Gasteiger partial charge is 0.317 e. The molecule has 3 aliphatic rings. The van der Waals surface area contributed by atoms with E-state index < -0.39 is 0 Å². The Bertz CT molecular complexity index is 961. The zero-order chi connectivity index (χ0) is 22.1. The maximum Gasteiger partial charge on any atom is 0.317 e. The Labute approximate surface area is 194 Å².